The van der Waals surface area contributed by atoms with E-state index in [4.69, 9.17) is 23.2 Å². The molecule has 8 heteroatoms. The summed E-state index contributed by atoms with van der Waals surface area (Å²) in [5.41, 5.74) is 2.13. The molecule has 1 aromatic heterocycles. The molecule has 0 atom stereocenters. The van der Waals surface area contributed by atoms with E-state index in [1.54, 1.807) is 36.5 Å². The van der Waals surface area contributed by atoms with E-state index in [0.29, 0.717) is 31.9 Å². The smallest absolute Gasteiger partial charge is 0.256 e. The Balaban J connectivity index is 1.79. The van der Waals surface area contributed by atoms with E-state index in [2.05, 4.69) is 15.6 Å². The number of amides is 2. The minimum atomic E-state index is -0.346. The van der Waals surface area contributed by atoms with Gasteiger partial charge in [0, 0.05) is 16.8 Å². The molecule has 0 aliphatic rings. The van der Waals surface area contributed by atoms with E-state index >= 15 is 0 Å². The predicted molar refractivity (Wildman–Crippen MR) is 110 cm³/mol. The quantitative estimate of drug-likeness (QED) is 0.580. The molecule has 0 bridgehead atoms. The lowest BCUT2D eigenvalue weighted by Crippen LogP contribution is -2.15. The lowest BCUT2D eigenvalue weighted by atomic mass is 10.1. The highest BCUT2D eigenvalue weighted by Crippen LogP contribution is 2.24. The van der Waals surface area contributed by atoms with Gasteiger partial charge in [0.2, 0.25) is 0 Å². The third-order valence-corrected chi connectivity index (χ3v) is 5.35. The van der Waals surface area contributed by atoms with Gasteiger partial charge in [-0.15, -0.1) is 11.3 Å². The average Bonchev–Trinajstić information content (AvgIpc) is 3.03. The summed E-state index contributed by atoms with van der Waals surface area (Å²) in [7, 11) is 0. The molecule has 0 aliphatic carbocycles. The molecular weight excluding hydrogens is 405 g/mol. The molecule has 3 rings (SSSR count). The van der Waals surface area contributed by atoms with E-state index in [9.17, 15) is 9.59 Å². The number of carbonyl (C=O) groups excluding carboxylic acids is 2. The molecule has 0 radical (unpaired) electrons. The second kappa shape index (κ2) is 8.08. The highest BCUT2D eigenvalue weighted by molar-refractivity contribution is 7.15. The Bertz CT molecular complexity index is 1030. The van der Waals surface area contributed by atoms with Crippen molar-refractivity contribution in [2.45, 2.75) is 13.8 Å². The van der Waals surface area contributed by atoms with E-state index in [0.717, 1.165) is 10.6 Å². The zero-order chi connectivity index (χ0) is 19.6. The standard InChI is InChI=1S/C19H15Cl2N3O2S/c1-10-3-5-13(23-18(25)12-4-6-15(20)16(21)7-12)8-14(10)19(26)24-17-9-22-11(2)27-17/h3-9H,1-2H3,(H,23,25)(H,24,26). The minimum Gasteiger partial charge on any atom is -0.322 e. The molecule has 0 fully saturated rings. The van der Waals surface area contributed by atoms with Gasteiger partial charge in [-0.3, -0.25) is 9.59 Å². The van der Waals surface area contributed by atoms with Crippen LogP contribution >= 0.6 is 34.5 Å². The fourth-order valence-electron chi connectivity index (χ4n) is 2.38. The maximum Gasteiger partial charge on any atom is 0.256 e. The molecule has 0 unspecified atom stereocenters. The minimum absolute atomic E-state index is 0.262. The molecular formula is C19H15Cl2N3O2S. The van der Waals surface area contributed by atoms with Crippen LogP contribution in [-0.2, 0) is 0 Å². The number of aryl methyl sites for hydroxylation is 2. The monoisotopic (exact) mass is 419 g/mol. The predicted octanol–water partition coefficient (Wildman–Crippen LogP) is 5.57. The molecule has 3 aromatic rings. The Morgan fingerprint density at radius 2 is 1.74 bits per heavy atom. The van der Waals surface area contributed by atoms with Crippen molar-refractivity contribution < 1.29 is 9.59 Å². The summed E-state index contributed by atoms with van der Waals surface area (Å²) in [4.78, 5) is 29.1. The van der Waals surface area contributed by atoms with E-state index in [1.165, 1.54) is 17.4 Å². The molecule has 0 saturated heterocycles. The Labute approximate surface area is 170 Å². The lowest BCUT2D eigenvalue weighted by Gasteiger charge is -2.10. The summed E-state index contributed by atoms with van der Waals surface area (Å²) in [6.45, 7) is 3.70. The van der Waals surface area contributed by atoms with E-state index in [-0.39, 0.29) is 11.8 Å². The largest absolute Gasteiger partial charge is 0.322 e. The van der Waals surface area contributed by atoms with Crippen molar-refractivity contribution in [1.29, 1.82) is 0 Å². The number of nitrogens with zero attached hydrogens (tertiary/aromatic N) is 1. The van der Waals surface area contributed by atoms with Crippen LogP contribution in [0.15, 0.2) is 42.6 Å². The zero-order valence-electron chi connectivity index (χ0n) is 14.5. The number of aromatic nitrogens is 1. The van der Waals surface area contributed by atoms with Crippen LogP contribution in [0.2, 0.25) is 10.0 Å². The van der Waals surface area contributed by atoms with Gasteiger partial charge < -0.3 is 10.6 Å². The van der Waals surface area contributed by atoms with Crippen LogP contribution < -0.4 is 10.6 Å². The van der Waals surface area contributed by atoms with Crippen LogP contribution in [0.5, 0.6) is 0 Å². The SMILES string of the molecule is Cc1ncc(NC(=O)c2cc(NC(=O)c3ccc(Cl)c(Cl)c3)ccc2C)s1. The molecule has 2 N–H and O–H groups in total. The summed E-state index contributed by atoms with van der Waals surface area (Å²) >= 11 is 13.2. The summed E-state index contributed by atoms with van der Waals surface area (Å²) in [5.74, 6) is -0.608. The third-order valence-electron chi connectivity index (χ3n) is 3.78. The number of rotatable bonds is 4. The number of hydrogen-bond donors (Lipinski definition) is 2. The van der Waals surface area contributed by atoms with Gasteiger partial charge in [-0.1, -0.05) is 29.3 Å². The van der Waals surface area contributed by atoms with Crippen molar-refractivity contribution in [3.63, 3.8) is 0 Å². The Morgan fingerprint density at radius 1 is 0.963 bits per heavy atom. The van der Waals surface area contributed by atoms with Crippen molar-refractivity contribution in [1.82, 2.24) is 4.98 Å². The maximum absolute atomic E-state index is 12.6. The van der Waals surface area contributed by atoms with Gasteiger partial charge in [0.1, 0.15) is 5.00 Å². The second-order valence-corrected chi connectivity index (χ2v) is 7.86. The summed E-state index contributed by atoms with van der Waals surface area (Å²) < 4.78 is 0. The van der Waals surface area contributed by atoms with Gasteiger partial charge in [-0.05, 0) is 49.7 Å². The molecule has 1 heterocycles. The highest BCUT2D eigenvalue weighted by Gasteiger charge is 2.14. The van der Waals surface area contributed by atoms with Crippen molar-refractivity contribution in [2.24, 2.45) is 0 Å². The van der Waals surface area contributed by atoms with Crippen molar-refractivity contribution in [2.75, 3.05) is 10.6 Å². The van der Waals surface area contributed by atoms with Crippen molar-refractivity contribution >= 4 is 57.0 Å². The molecule has 27 heavy (non-hydrogen) atoms. The fourth-order valence-corrected chi connectivity index (χ4v) is 3.35. The summed E-state index contributed by atoms with van der Waals surface area (Å²) in [6, 6.07) is 9.78. The van der Waals surface area contributed by atoms with Crippen LogP contribution in [0, 0.1) is 13.8 Å². The number of thiazole rings is 1. The fraction of sp³-hybridized carbons (Fsp3) is 0.105. The first kappa shape index (κ1) is 19.4. The number of nitrogens with one attached hydrogen (secondary N) is 2. The molecule has 2 amide bonds. The Morgan fingerprint density at radius 3 is 2.41 bits per heavy atom. The first-order valence-corrected chi connectivity index (χ1v) is 9.51. The summed E-state index contributed by atoms with van der Waals surface area (Å²) in [6.07, 6.45) is 1.61. The maximum atomic E-state index is 12.6. The number of hydrogen-bond acceptors (Lipinski definition) is 4. The van der Waals surface area contributed by atoms with Gasteiger partial charge in [0.15, 0.2) is 0 Å². The molecule has 138 valence electrons. The lowest BCUT2D eigenvalue weighted by molar-refractivity contribution is 0.101. The van der Waals surface area contributed by atoms with Crippen LogP contribution in [0.3, 0.4) is 0 Å². The van der Waals surface area contributed by atoms with Gasteiger partial charge in [0.25, 0.3) is 11.8 Å². The normalized spacial score (nSPS) is 10.5. The van der Waals surface area contributed by atoms with Crippen molar-refractivity contribution in [3.05, 3.63) is 74.3 Å². The number of halogens is 2. The Hall–Kier alpha value is -2.41. The average molecular weight is 420 g/mol. The molecule has 0 spiro atoms. The van der Waals surface area contributed by atoms with Gasteiger partial charge in [-0.2, -0.15) is 0 Å². The zero-order valence-corrected chi connectivity index (χ0v) is 16.8. The topological polar surface area (TPSA) is 71.1 Å². The first-order valence-electron chi connectivity index (χ1n) is 7.94. The third kappa shape index (κ3) is 4.66. The molecule has 0 aliphatic heterocycles. The second-order valence-electron chi connectivity index (χ2n) is 5.81. The number of anilines is 2. The van der Waals surface area contributed by atoms with Crippen LogP contribution in [0.1, 0.15) is 31.3 Å². The molecule has 5 nitrogen and oxygen atoms in total. The van der Waals surface area contributed by atoms with Crippen molar-refractivity contribution in [3.8, 4) is 0 Å². The van der Waals surface area contributed by atoms with Gasteiger partial charge in [-0.25, -0.2) is 4.98 Å². The Kier molecular flexibility index (Phi) is 5.79. The van der Waals surface area contributed by atoms with Gasteiger partial charge >= 0.3 is 0 Å². The van der Waals surface area contributed by atoms with Crippen LogP contribution in [0.25, 0.3) is 0 Å². The highest BCUT2D eigenvalue weighted by atomic mass is 35.5. The van der Waals surface area contributed by atoms with E-state index in [1.807, 2.05) is 13.8 Å². The summed E-state index contributed by atoms with van der Waals surface area (Å²) in [5, 5.41) is 7.79. The number of carbonyl (C=O) groups is 2. The molecule has 2 aromatic carbocycles. The van der Waals surface area contributed by atoms with E-state index < -0.39 is 0 Å². The first-order chi connectivity index (χ1) is 12.8. The molecule has 0 saturated carbocycles. The van der Waals surface area contributed by atoms with Crippen LogP contribution in [0.4, 0.5) is 10.7 Å². The van der Waals surface area contributed by atoms with Gasteiger partial charge in [0.05, 0.1) is 21.2 Å². The number of benzene rings is 2. The van der Waals surface area contributed by atoms with Crippen LogP contribution in [-0.4, -0.2) is 16.8 Å².